The number of nitrogens with zero attached hydrogens (tertiary/aromatic N) is 1. The first-order valence-electron chi connectivity index (χ1n) is 6.71. The molecule has 1 aromatic rings. The van der Waals surface area contributed by atoms with Crippen molar-refractivity contribution in [1.29, 1.82) is 0 Å². The van der Waals surface area contributed by atoms with Crippen LogP contribution in [0.25, 0.3) is 0 Å². The van der Waals surface area contributed by atoms with Gasteiger partial charge in [0.15, 0.2) is 0 Å². The van der Waals surface area contributed by atoms with E-state index in [2.05, 4.69) is 12.2 Å². The normalized spacial score (nSPS) is 22.8. The molecule has 1 aliphatic rings. The number of nitro groups is 1. The van der Waals surface area contributed by atoms with E-state index in [9.17, 15) is 10.1 Å². The summed E-state index contributed by atoms with van der Waals surface area (Å²) in [5.74, 6) is 1.06. The fraction of sp³-hybridized carbons (Fsp3) is 0.571. The maximum atomic E-state index is 11.1. The standard InChI is InChI=1S/C14H20N2O3/c1-10-5-3-4-6-12(10)15-13-8-7-11(19-2)9-14(13)16(17)18/h7-10,12,15H,3-6H2,1-2H3. The van der Waals surface area contributed by atoms with E-state index in [0.717, 1.165) is 6.42 Å². The molecule has 1 saturated carbocycles. The van der Waals surface area contributed by atoms with Crippen molar-refractivity contribution in [3.63, 3.8) is 0 Å². The maximum Gasteiger partial charge on any atom is 0.296 e. The van der Waals surface area contributed by atoms with Crippen molar-refractivity contribution in [2.75, 3.05) is 12.4 Å². The number of hydrogen-bond donors (Lipinski definition) is 1. The van der Waals surface area contributed by atoms with Crippen molar-refractivity contribution >= 4 is 11.4 Å². The minimum absolute atomic E-state index is 0.0807. The molecule has 5 nitrogen and oxygen atoms in total. The van der Waals surface area contributed by atoms with Crippen molar-refractivity contribution in [3.05, 3.63) is 28.3 Å². The van der Waals surface area contributed by atoms with Crippen molar-refractivity contribution < 1.29 is 9.66 Å². The Kier molecular flexibility index (Phi) is 4.24. The van der Waals surface area contributed by atoms with Gasteiger partial charge in [-0.15, -0.1) is 0 Å². The van der Waals surface area contributed by atoms with Gasteiger partial charge in [-0.2, -0.15) is 0 Å². The molecular formula is C14H20N2O3. The van der Waals surface area contributed by atoms with Gasteiger partial charge in [-0.3, -0.25) is 10.1 Å². The molecule has 2 unspecified atom stereocenters. The van der Waals surface area contributed by atoms with E-state index < -0.39 is 0 Å². The summed E-state index contributed by atoms with van der Waals surface area (Å²) in [6.45, 7) is 2.20. The summed E-state index contributed by atoms with van der Waals surface area (Å²) in [6.07, 6.45) is 4.70. The van der Waals surface area contributed by atoms with E-state index in [-0.39, 0.29) is 10.6 Å². The fourth-order valence-corrected chi connectivity index (χ4v) is 2.64. The Morgan fingerprint density at radius 1 is 1.37 bits per heavy atom. The summed E-state index contributed by atoms with van der Waals surface area (Å²) < 4.78 is 5.04. The van der Waals surface area contributed by atoms with Crippen LogP contribution in [0, 0.1) is 16.0 Å². The summed E-state index contributed by atoms with van der Waals surface area (Å²) in [6, 6.07) is 5.28. The van der Waals surface area contributed by atoms with Crippen LogP contribution in [0.2, 0.25) is 0 Å². The molecule has 0 heterocycles. The molecule has 0 amide bonds. The number of nitrogens with one attached hydrogen (secondary N) is 1. The van der Waals surface area contributed by atoms with Gasteiger partial charge in [0, 0.05) is 6.04 Å². The van der Waals surface area contributed by atoms with Crippen LogP contribution in [0.4, 0.5) is 11.4 Å². The number of nitro benzene ring substituents is 1. The predicted molar refractivity (Wildman–Crippen MR) is 74.7 cm³/mol. The summed E-state index contributed by atoms with van der Waals surface area (Å²) in [4.78, 5) is 10.8. The number of anilines is 1. The zero-order valence-corrected chi connectivity index (χ0v) is 11.4. The summed E-state index contributed by atoms with van der Waals surface area (Å²) in [7, 11) is 1.51. The Balaban J connectivity index is 2.21. The Bertz CT molecular complexity index is 462. The van der Waals surface area contributed by atoms with Gasteiger partial charge in [0.05, 0.1) is 18.1 Å². The lowest BCUT2D eigenvalue weighted by Crippen LogP contribution is -2.30. The van der Waals surface area contributed by atoms with E-state index in [1.807, 2.05) is 0 Å². The molecule has 0 radical (unpaired) electrons. The monoisotopic (exact) mass is 264 g/mol. The van der Waals surface area contributed by atoms with Gasteiger partial charge in [-0.25, -0.2) is 0 Å². The molecule has 2 atom stereocenters. The van der Waals surface area contributed by atoms with Gasteiger partial charge in [-0.1, -0.05) is 19.8 Å². The molecule has 1 aromatic carbocycles. The van der Waals surface area contributed by atoms with Crippen LogP contribution in [-0.4, -0.2) is 18.1 Å². The van der Waals surface area contributed by atoms with E-state index in [4.69, 9.17) is 4.74 Å². The highest BCUT2D eigenvalue weighted by molar-refractivity contribution is 5.64. The van der Waals surface area contributed by atoms with Crippen molar-refractivity contribution in [2.24, 2.45) is 5.92 Å². The first-order chi connectivity index (χ1) is 9.11. The van der Waals surface area contributed by atoms with Gasteiger partial charge in [0.25, 0.3) is 5.69 Å². The molecule has 0 saturated heterocycles. The van der Waals surface area contributed by atoms with Crippen LogP contribution in [0.3, 0.4) is 0 Å². The van der Waals surface area contributed by atoms with Crippen LogP contribution in [-0.2, 0) is 0 Å². The van der Waals surface area contributed by atoms with E-state index in [1.54, 1.807) is 12.1 Å². The molecular weight excluding hydrogens is 244 g/mol. The average molecular weight is 264 g/mol. The first kappa shape index (κ1) is 13.6. The zero-order chi connectivity index (χ0) is 13.8. The minimum atomic E-state index is -0.363. The van der Waals surface area contributed by atoms with Gasteiger partial charge in [0.1, 0.15) is 11.4 Å². The quantitative estimate of drug-likeness (QED) is 0.666. The van der Waals surface area contributed by atoms with Crippen molar-refractivity contribution in [1.82, 2.24) is 0 Å². The van der Waals surface area contributed by atoms with Crippen LogP contribution in [0.15, 0.2) is 18.2 Å². The lowest BCUT2D eigenvalue weighted by molar-refractivity contribution is -0.384. The van der Waals surface area contributed by atoms with Crippen LogP contribution in [0.1, 0.15) is 32.6 Å². The zero-order valence-electron chi connectivity index (χ0n) is 11.4. The predicted octanol–water partition coefficient (Wildman–Crippen LogP) is 3.59. The Morgan fingerprint density at radius 2 is 2.11 bits per heavy atom. The van der Waals surface area contributed by atoms with Crippen LogP contribution < -0.4 is 10.1 Å². The third-order valence-electron chi connectivity index (χ3n) is 3.85. The van der Waals surface area contributed by atoms with Crippen LogP contribution >= 0.6 is 0 Å². The second-order valence-corrected chi connectivity index (χ2v) is 5.15. The lowest BCUT2D eigenvalue weighted by atomic mass is 9.86. The fourth-order valence-electron chi connectivity index (χ4n) is 2.64. The van der Waals surface area contributed by atoms with Gasteiger partial charge >= 0.3 is 0 Å². The minimum Gasteiger partial charge on any atom is -0.496 e. The highest BCUT2D eigenvalue weighted by Crippen LogP contribution is 2.33. The molecule has 0 aromatic heterocycles. The van der Waals surface area contributed by atoms with Crippen molar-refractivity contribution in [3.8, 4) is 5.75 Å². The number of rotatable bonds is 4. The van der Waals surface area contributed by atoms with E-state index in [0.29, 0.717) is 23.4 Å². The molecule has 5 heteroatoms. The van der Waals surface area contributed by atoms with Gasteiger partial charge < -0.3 is 10.1 Å². The second-order valence-electron chi connectivity index (χ2n) is 5.15. The third-order valence-corrected chi connectivity index (χ3v) is 3.85. The molecule has 1 aliphatic carbocycles. The maximum absolute atomic E-state index is 11.1. The topological polar surface area (TPSA) is 64.4 Å². The van der Waals surface area contributed by atoms with Crippen molar-refractivity contribution in [2.45, 2.75) is 38.6 Å². The molecule has 19 heavy (non-hydrogen) atoms. The number of benzene rings is 1. The van der Waals surface area contributed by atoms with Gasteiger partial charge in [-0.05, 0) is 30.9 Å². The molecule has 0 spiro atoms. The Hall–Kier alpha value is -1.78. The molecule has 2 rings (SSSR count). The number of hydrogen-bond acceptors (Lipinski definition) is 4. The lowest BCUT2D eigenvalue weighted by Gasteiger charge is -2.30. The average Bonchev–Trinajstić information content (AvgIpc) is 2.41. The van der Waals surface area contributed by atoms with Crippen LogP contribution in [0.5, 0.6) is 5.75 Å². The second kappa shape index (κ2) is 5.91. The van der Waals surface area contributed by atoms with E-state index in [1.165, 1.54) is 32.4 Å². The summed E-state index contributed by atoms with van der Waals surface area (Å²) in [5, 5.41) is 14.5. The molecule has 104 valence electrons. The first-order valence-corrected chi connectivity index (χ1v) is 6.71. The third kappa shape index (κ3) is 3.16. The van der Waals surface area contributed by atoms with E-state index >= 15 is 0 Å². The Labute approximate surface area is 113 Å². The molecule has 1 fully saturated rings. The Morgan fingerprint density at radius 3 is 2.74 bits per heavy atom. The highest BCUT2D eigenvalue weighted by atomic mass is 16.6. The highest BCUT2D eigenvalue weighted by Gasteiger charge is 2.24. The number of methoxy groups -OCH3 is 1. The molecule has 1 N–H and O–H groups in total. The smallest absolute Gasteiger partial charge is 0.296 e. The summed E-state index contributed by atoms with van der Waals surface area (Å²) >= 11 is 0. The SMILES string of the molecule is COc1ccc(NC2CCCCC2C)c([N+](=O)[O-])c1. The number of ether oxygens (including phenoxy) is 1. The molecule has 0 aliphatic heterocycles. The molecule has 0 bridgehead atoms. The largest absolute Gasteiger partial charge is 0.496 e. The van der Waals surface area contributed by atoms with Gasteiger partial charge in [0.2, 0.25) is 0 Å². The summed E-state index contributed by atoms with van der Waals surface area (Å²) in [5.41, 5.74) is 0.668.